The Hall–Kier alpha value is -0.200. The van der Waals surface area contributed by atoms with E-state index in [4.69, 9.17) is 5.11 Å². The van der Waals surface area contributed by atoms with Gasteiger partial charge in [0.25, 0.3) is 0 Å². The predicted octanol–water partition coefficient (Wildman–Crippen LogP) is -1.44. The van der Waals surface area contributed by atoms with Crippen molar-refractivity contribution in [3.05, 3.63) is 0 Å². The zero-order valence-corrected chi connectivity index (χ0v) is 4.84. The molecule has 0 amide bonds. The summed E-state index contributed by atoms with van der Waals surface area (Å²) in [7, 11) is 2.92. The number of aliphatic hydroxyl groups excluding tert-OH is 1. The Balaban J connectivity index is 2.86. The highest BCUT2D eigenvalue weighted by Gasteiger charge is 1.94. The third-order valence-electron chi connectivity index (χ3n) is 0.490. The number of aliphatic hydroxyl groups is 1. The molecule has 0 fully saturated rings. The highest BCUT2D eigenvalue weighted by Crippen LogP contribution is 1.70. The van der Waals surface area contributed by atoms with E-state index in [1.807, 2.05) is 5.64 Å². The molecule has 0 aliphatic rings. The van der Waals surface area contributed by atoms with Crippen molar-refractivity contribution in [3.8, 4) is 0 Å². The fraction of sp³-hybridized carbons (Fsp3) is 1.00. The van der Waals surface area contributed by atoms with E-state index in [0.717, 1.165) is 0 Å². The lowest BCUT2D eigenvalue weighted by molar-refractivity contribution is -0.250. The van der Waals surface area contributed by atoms with Gasteiger partial charge in [0.1, 0.15) is 0 Å². The molecule has 0 aromatic rings. The Labute approximate surface area is 47.5 Å². The molecule has 1 atom stereocenters. The minimum Gasteiger partial charge on any atom is -0.355 e. The monoisotopic (exact) mass is 122 g/mol. The normalized spacial score (nSPS) is 13.9. The summed E-state index contributed by atoms with van der Waals surface area (Å²) >= 11 is 0. The lowest BCUT2D eigenvalue weighted by atomic mass is 11.1. The highest BCUT2D eigenvalue weighted by atomic mass is 16.9. The molecule has 0 aliphatic heterocycles. The molecule has 1 unspecified atom stereocenters. The van der Waals surface area contributed by atoms with Gasteiger partial charge in [0, 0.05) is 0 Å². The van der Waals surface area contributed by atoms with Crippen LogP contribution in [-0.4, -0.2) is 25.7 Å². The molecule has 0 saturated carbocycles. The summed E-state index contributed by atoms with van der Waals surface area (Å²) in [4.78, 5) is 8.55. The molecular formula is C3H10N2O3. The Bertz CT molecular complexity index is 51.8. The Morgan fingerprint density at radius 1 is 1.62 bits per heavy atom. The van der Waals surface area contributed by atoms with Crippen LogP contribution in [0.2, 0.25) is 0 Å². The molecule has 3 N–H and O–H groups in total. The van der Waals surface area contributed by atoms with Gasteiger partial charge in [-0.3, -0.25) is 10.2 Å². The largest absolute Gasteiger partial charge is 0.355 e. The maximum absolute atomic E-state index is 8.51. The lowest BCUT2D eigenvalue weighted by Gasteiger charge is -2.07. The molecule has 50 valence electrons. The van der Waals surface area contributed by atoms with Gasteiger partial charge < -0.3 is 5.11 Å². The second kappa shape index (κ2) is 4.95. The summed E-state index contributed by atoms with van der Waals surface area (Å²) in [6, 6.07) is 0. The molecule has 0 radical (unpaired) electrons. The molecule has 0 spiro atoms. The first-order valence-corrected chi connectivity index (χ1v) is 2.10. The van der Waals surface area contributed by atoms with Crippen molar-refractivity contribution in [2.24, 2.45) is 0 Å². The van der Waals surface area contributed by atoms with Crippen molar-refractivity contribution in [2.75, 3.05) is 14.2 Å². The van der Waals surface area contributed by atoms with Crippen molar-refractivity contribution < 1.29 is 14.8 Å². The number of hydrogen-bond donors (Lipinski definition) is 3. The third kappa shape index (κ3) is 3.97. The predicted molar refractivity (Wildman–Crippen MR) is 26.3 cm³/mol. The number of rotatable bonds is 4. The van der Waals surface area contributed by atoms with Gasteiger partial charge in [-0.2, -0.15) is 0 Å². The summed E-state index contributed by atoms with van der Waals surface area (Å²) in [5.41, 5.74) is 1.99. The quantitative estimate of drug-likeness (QED) is 0.315. The van der Waals surface area contributed by atoms with Crippen molar-refractivity contribution >= 4 is 0 Å². The van der Waals surface area contributed by atoms with Crippen LogP contribution in [0.1, 0.15) is 0 Å². The first-order chi connectivity index (χ1) is 3.81. The van der Waals surface area contributed by atoms with Gasteiger partial charge in [-0.1, -0.05) is 5.64 Å². The van der Waals surface area contributed by atoms with Crippen molar-refractivity contribution in [1.82, 2.24) is 11.0 Å². The Kier molecular flexibility index (Phi) is 4.82. The lowest BCUT2D eigenvalue weighted by Crippen LogP contribution is -2.33. The van der Waals surface area contributed by atoms with Gasteiger partial charge in [0.15, 0.2) is 0 Å². The third-order valence-corrected chi connectivity index (χ3v) is 0.490. The Morgan fingerprint density at radius 2 is 2.25 bits per heavy atom. The van der Waals surface area contributed by atoms with E-state index in [2.05, 4.69) is 15.0 Å². The highest BCUT2D eigenvalue weighted by molar-refractivity contribution is 4.19. The maximum Gasteiger partial charge on any atom is 0.234 e. The van der Waals surface area contributed by atoms with E-state index >= 15 is 0 Å². The van der Waals surface area contributed by atoms with Crippen LogP contribution in [0.3, 0.4) is 0 Å². The smallest absolute Gasteiger partial charge is 0.234 e. The van der Waals surface area contributed by atoms with Crippen LogP contribution in [0.5, 0.6) is 0 Å². The molecule has 0 heterocycles. The van der Waals surface area contributed by atoms with E-state index in [0.29, 0.717) is 0 Å². The van der Waals surface area contributed by atoms with Crippen LogP contribution in [0, 0.1) is 0 Å². The zero-order chi connectivity index (χ0) is 6.41. The van der Waals surface area contributed by atoms with Gasteiger partial charge in [-0.15, -0.1) is 0 Å². The van der Waals surface area contributed by atoms with Crippen LogP contribution in [0.25, 0.3) is 0 Å². The molecule has 0 aromatic heterocycles. The fourth-order valence-electron chi connectivity index (χ4n) is 0.153. The van der Waals surface area contributed by atoms with E-state index in [1.54, 1.807) is 7.05 Å². The van der Waals surface area contributed by atoms with E-state index in [9.17, 15) is 0 Å². The van der Waals surface area contributed by atoms with Crippen molar-refractivity contribution in [2.45, 2.75) is 6.41 Å². The summed E-state index contributed by atoms with van der Waals surface area (Å²) < 4.78 is 0. The summed E-state index contributed by atoms with van der Waals surface area (Å²) in [6.45, 7) is 0. The molecule has 0 rings (SSSR count). The first-order valence-electron chi connectivity index (χ1n) is 2.10. The van der Waals surface area contributed by atoms with Crippen molar-refractivity contribution in [1.29, 1.82) is 0 Å². The van der Waals surface area contributed by atoms with Crippen LogP contribution < -0.4 is 11.0 Å². The standard InChI is InChI=1S/C3H10N2O3/c1-4-3(6)8-5-7-2/h3-6H,1-2H3. The summed E-state index contributed by atoms with van der Waals surface area (Å²) in [5.74, 6) is 0. The second-order valence-corrected chi connectivity index (χ2v) is 1.05. The second-order valence-electron chi connectivity index (χ2n) is 1.05. The van der Waals surface area contributed by atoms with E-state index in [1.165, 1.54) is 7.11 Å². The van der Waals surface area contributed by atoms with Crippen molar-refractivity contribution in [3.63, 3.8) is 0 Å². The number of hydrogen-bond acceptors (Lipinski definition) is 5. The average molecular weight is 122 g/mol. The van der Waals surface area contributed by atoms with Gasteiger partial charge >= 0.3 is 0 Å². The van der Waals surface area contributed by atoms with Crippen LogP contribution in [-0.2, 0) is 9.68 Å². The minimum absolute atomic E-state index is 1.03. The van der Waals surface area contributed by atoms with Crippen LogP contribution >= 0.6 is 0 Å². The molecule has 0 bridgehead atoms. The van der Waals surface area contributed by atoms with Crippen LogP contribution in [0.4, 0.5) is 0 Å². The average Bonchev–Trinajstić information content (AvgIpc) is 1.83. The van der Waals surface area contributed by atoms with Gasteiger partial charge in [-0.05, 0) is 7.05 Å². The molecule has 8 heavy (non-hydrogen) atoms. The number of nitrogens with one attached hydrogen (secondary N) is 2. The van der Waals surface area contributed by atoms with Crippen LogP contribution in [0.15, 0.2) is 0 Å². The summed E-state index contributed by atoms with van der Waals surface area (Å²) in [5, 5.41) is 10.9. The fourth-order valence-corrected chi connectivity index (χ4v) is 0.153. The SMILES string of the molecule is CNC(O)ONOC. The summed E-state index contributed by atoms with van der Waals surface area (Å²) in [6.07, 6.45) is -1.03. The van der Waals surface area contributed by atoms with Gasteiger partial charge in [-0.25, -0.2) is 4.84 Å². The molecular weight excluding hydrogens is 112 g/mol. The Morgan fingerprint density at radius 3 is 2.62 bits per heavy atom. The molecule has 0 aromatic carbocycles. The van der Waals surface area contributed by atoms with Gasteiger partial charge in [0.2, 0.25) is 6.41 Å². The topological polar surface area (TPSA) is 62.8 Å². The van der Waals surface area contributed by atoms with Gasteiger partial charge in [0.05, 0.1) is 7.11 Å². The molecule has 5 nitrogen and oxygen atoms in total. The first kappa shape index (κ1) is 7.80. The van der Waals surface area contributed by atoms with E-state index < -0.39 is 6.41 Å². The zero-order valence-electron chi connectivity index (χ0n) is 4.84. The molecule has 5 heteroatoms. The molecule has 0 saturated heterocycles. The van der Waals surface area contributed by atoms with E-state index in [-0.39, 0.29) is 0 Å². The maximum atomic E-state index is 8.51. The molecule has 0 aliphatic carbocycles. The minimum atomic E-state index is -1.03.